The maximum atomic E-state index is 12.2. The zero-order valence-electron chi connectivity index (χ0n) is 16.3. The van der Waals surface area contributed by atoms with Gasteiger partial charge in [-0.2, -0.15) is 5.26 Å². The van der Waals surface area contributed by atoms with Gasteiger partial charge in [0, 0.05) is 12.5 Å². The summed E-state index contributed by atoms with van der Waals surface area (Å²) in [6.45, 7) is 6.52. The summed E-state index contributed by atoms with van der Waals surface area (Å²) in [6, 6.07) is 15.4. The highest BCUT2D eigenvalue weighted by Crippen LogP contribution is 2.29. The highest BCUT2D eigenvalue weighted by atomic mass is 16.6. The van der Waals surface area contributed by atoms with Gasteiger partial charge in [-0.25, -0.2) is 0 Å². The van der Waals surface area contributed by atoms with Crippen LogP contribution in [-0.4, -0.2) is 13.1 Å². The molecule has 4 nitrogen and oxygen atoms in total. The molecule has 2 aromatic rings. The summed E-state index contributed by atoms with van der Waals surface area (Å²) in [5.74, 6) is 0.520. The van der Waals surface area contributed by atoms with Crippen LogP contribution in [0.25, 0.3) is 6.08 Å². The maximum Gasteiger partial charge on any atom is 0.311 e. The molecule has 0 fully saturated rings. The molecule has 140 valence electrons. The Bertz CT molecular complexity index is 853. The van der Waals surface area contributed by atoms with Crippen molar-refractivity contribution in [3.63, 3.8) is 0 Å². The van der Waals surface area contributed by atoms with Crippen LogP contribution in [0.15, 0.2) is 48.5 Å². The third kappa shape index (κ3) is 6.00. The molecule has 0 bridgehead atoms. The second-order valence-corrected chi connectivity index (χ2v) is 7.29. The van der Waals surface area contributed by atoms with Crippen molar-refractivity contribution in [2.45, 2.75) is 39.0 Å². The Morgan fingerprint density at radius 1 is 1.11 bits per heavy atom. The van der Waals surface area contributed by atoms with E-state index in [4.69, 9.17) is 14.7 Å². The molecule has 0 radical (unpaired) electrons. The molecule has 0 aromatic heterocycles. The lowest BCUT2D eigenvalue weighted by atomic mass is 9.86. The fourth-order valence-electron chi connectivity index (χ4n) is 2.60. The molecule has 0 amide bonds. The van der Waals surface area contributed by atoms with E-state index in [0.717, 1.165) is 11.1 Å². The summed E-state index contributed by atoms with van der Waals surface area (Å²) in [5.41, 5.74) is 3.28. The second-order valence-electron chi connectivity index (χ2n) is 7.29. The van der Waals surface area contributed by atoms with Crippen molar-refractivity contribution in [3.8, 4) is 17.6 Å². The number of allylic oxidation sites excluding steroid dienone is 1. The van der Waals surface area contributed by atoms with Crippen molar-refractivity contribution in [2.75, 3.05) is 7.11 Å². The van der Waals surface area contributed by atoms with Gasteiger partial charge in [0.2, 0.25) is 0 Å². The summed E-state index contributed by atoms with van der Waals surface area (Å²) in [5, 5.41) is 8.60. The van der Waals surface area contributed by atoms with Crippen LogP contribution in [-0.2, 0) is 16.6 Å². The molecular weight excluding hydrogens is 338 g/mol. The number of ether oxygens (including phenoxy) is 2. The summed E-state index contributed by atoms with van der Waals surface area (Å²) < 4.78 is 10.7. The van der Waals surface area contributed by atoms with Gasteiger partial charge in [0.15, 0.2) is 11.5 Å². The van der Waals surface area contributed by atoms with E-state index < -0.39 is 0 Å². The first-order chi connectivity index (χ1) is 12.8. The summed E-state index contributed by atoms with van der Waals surface area (Å²) in [7, 11) is 1.52. The van der Waals surface area contributed by atoms with Crippen LogP contribution in [0.2, 0.25) is 0 Å². The van der Waals surface area contributed by atoms with Gasteiger partial charge in [0.25, 0.3) is 0 Å². The van der Waals surface area contributed by atoms with Crippen molar-refractivity contribution >= 4 is 12.0 Å². The Hall–Kier alpha value is -3.06. The molecule has 0 heterocycles. The Kier molecular flexibility index (Phi) is 6.79. The van der Waals surface area contributed by atoms with Gasteiger partial charge < -0.3 is 9.47 Å². The lowest BCUT2D eigenvalue weighted by Crippen LogP contribution is -2.11. The minimum atomic E-state index is -0.312. The molecule has 0 N–H and O–H groups in total. The van der Waals surface area contributed by atoms with Crippen molar-refractivity contribution in [3.05, 3.63) is 65.2 Å². The zero-order valence-corrected chi connectivity index (χ0v) is 16.3. The number of nitrogens with zero attached hydrogens (tertiary/aromatic N) is 1. The van der Waals surface area contributed by atoms with Gasteiger partial charge in [-0.15, -0.1) is 0 Å². The van der Waals surface area contributed by atoms with Crippen molar-refractivity contribution in [1.82, 2.24) is 0 Å². The highest BCUT2D eigenvalue weighted by Gasteiger charge is 2.14. The van der Waals surface area contributed by atoms with E-state index in [1.54, 1.807) is 24.3 Å². The average molecular weight is 363 g/mol. The van der Waals surface area contributed by atoms with E-state index in [-0.39, 0.29) is 17.8 Å². The number of aryl methyl sites for hydroxylation is 1. The number of esters is 1. The van der Waals surface area contributed by atoms with Crippen LogP contribution in [0.5, 0.6) is 11.5 Å². The molecule has 27 heavy (non-hydrogen) atoms. The number of hydrogen-bond acceptors (Lipinski definition) is 4. The van der Waals surface area contributed by atoms with Gasteiger partial charge in [-0.1, -0.05) is 51.1 Å². The summed E-state index contributed by atoms with van der Waals surface area (Å²) in [4.78, 5) is 12.2. The standard InChI is InChI=1S/C23H25NO3/c1-23(2,3)19-11-7-17(8-12-19)10-14-22(25)27-20-13-9-18(6-5-15-24)16-21(20)26-4/h5-9,11-13,16H,10,14H2,1-4H3/b6-5-. The Morgan fingerprint density at radius 3 is 2.41 bits per heavy atom. The van der Waals surface area contributed by atoms with Gasteiger partial charge in [-0.05, 0) is 46.7 Å². The number of benzene rings is 2. The SMILES string of the molecule is COc1cc(/C=C\C#N)ccc1OC(=O)CCc1ccc(C(C)(C)C)cc1. The van der Waals surface area contributed by atoms with Crippen LogP contribution in [0.1, 0.15) is 43.9 Å². The topological polar surface area (TPSA) is 59.3 Å². The Balaban J connectivity index is 1.97. The van der Waals surface area contributed by atoms with Gasteiger partial charge in [-0.3, -0.25) is 4.79 Å². The van der Waals surface area contributed by atoms with E-state index in [0.29, 0.717) is 17.9 Å². The molecule has 0 aliphatic rings. The van der Waals surface area contributed by atoms with Crippen LogP contribution in [0.4, 0.5) is 0 Å². The Morgan fingerprint density at radius 2 is 1.81 bits per heavy atom. The monoisotopic (exact) mass is 363 g/mol. The predicted molar refractivity (Wildman–Crippen MR) is 107 cm³/mol. The largest absolute Gasteiger partial charge is 0.493 e. The minimum Gasteiger partial charge on any atom is -0.493 e. The van der Waals surface area contributed by atoms with Gasteiger partial charge >= 0.3 is 5.97 Å². The van der Waals surface area contributed by atoms with Gasteiger partial charge in [0.05, 0.1) is 13.2 Å². The molecule has 0 saturated heterocycles. The van der Waals surface area contributed by atoms with Crippen molar-refractivity contribution in [2.24, 2.45) is 0 Å². The van der Waals surface area contributed by atoms with E-state index in [1.807, 2.05) is 6.07 Å². The third-order valence-electron chi connectivity index (χ3n) is 4.20. The molecule has 0 saturated carbocycles. The van der Waals surface area contributed by atoms with Crippen LogP contribution >= 0.6 is 0 Å². The summed E-state index contributed by atoms with van der Waals surface area (Å²) in [6.07, 6.45) is 3.95. The molecule has 2 rings (SSSR count). The van der Waals surface area contributed by atoms with Crippen LogP contribution in [0, 0.1) is 11.3 Å². The Labute approximate surface area is 161 Å². The number of hydrogen-bond donors (Lipinski definition) is 0. The lowest BCUT2D eigenvalue weighted by molar-refractivity contribution is -0.134. The smallest absolute Gasteiger partial charge is 0.311 e. The number of carbonyl (C=O) groups excluding carboxylic acids is 1. The molecule has 4 heteroatoms. The highest BCUT2D eigenvalue weighted by molar-refractivity contribution is 5.74. The maximum absolute atomic E-state index is 12.2. The number of nitriles is 1. The molecule has 0 spiro atoms. The predicted octanol–water partition coefficient (Wildman–Crippen LogP) is 5.07. The first-order valence-corrected chi connectivity index (χ1v) is 8.88. The molecule has 2 aromatic carbocycles. The molecule has 0 atom stereocenters. The quantitative estimate of drug-likeness (QED) is 0.408. The fourth-order valence-corrected chi connectivity index (χ4v) is 2.60. The average Bonchev–Trinajstić information content (AvgIpc) is 2.65. The number of methoxy groups -OCH3 is 1. The number of carbonyl (C=O) groups is 1. The second kappa shape index (κ2) is 9.05. The normalized spacial score (nSPS) is 11.2. The van der Waals surface area contributed by atoms with E-state index in [1.165, 1.54) is 18.7 Å². The zero-order chi connectivity index (χ0) is 19.9. The van der Waals surface area contributed by atoms with E-state index in [9.17, 15) is 4.79 Å². The lowest BCUT2D eigenvalue weighted by Gasteiger charge is -2.19. The number of rotatable bonds is 6. The third-order valence-corrected chi connectivity index (χ3v) is 4.20. The minimum absolute atomic E-state index is 0.114. The van der Waals surface area contributed by atoms with Crippen LogP contribution in [0.3, 0.4) is 0 Å². The molecule has 0 aliphatic carbocycles. The summed E-state index contributed by atoms with van der Waals surface area (Å²) >= 11 is 0. The molecule has 0 aliphatic heterocycles. The molecular formula is C23H25NO3. The first kappa shape index (κ1) is 20.3. The fraction of sp³-hybridized carbons (Fsp3) is 0.304. The van der Waals surface area contributed by atoms with Gasteiger partial charge in [0.1, 0.15) is 0 Å². The van der Waals surface area contributed by atoms with Crippen LogP contribution < -0.4 is 9.47 Å². The first-order valence-electron chi connectivity index (χ1n) is 8.88. The van der Waals surface area contributed by atoms with E-state index >= 15 is 0 Å². The van der Waals surface area contributed by atoms with E-state index in [2.05, 4.69) is 45.0 Å². The molecule has 0 unspecified atom stereocenters. The van der Waals surface area contributed by atoms with Crippen molar-refractivity contribution in [1.29, 1.82) is 5.26 Å². The van der Waals surface area contributed by atoms with Crippen molar-refractivity contribution < 1.29 is 14.3 Å².